The maximum atomic E-state index is 12.7. The number of anilines is 2. The highest BCUT2D eigenvalue weighted by molar-refractivity contribution is 8.01. The van der Waals surface area contributed by atoms with Gasteiger partial charge in [0.25, 0.3) is 5.91 Å². The molecule has 0 unspecified atom stereocenters. The van der Waals surface area contributed by atoms with E-state index in [2.05, 4.69) is 31.0 Å². The van der Waals surface area contributed by atoms with E-state index in [0.29, 0.717) is 20.2 Å². The molecule has 0 aliphatic rings. The van der Waals surface area contributed by atoms with Gasteiger partial charge < -0.3 is 0 Å². The maximum absolute atomic E-state index is 12.7. The average Bonchev–Trinajstić information content (AvgIpc) is 3.34. The van der Waals surface area contributed by atoms with Crippen LogP contribution in [0.5, 0.6) is 0 Å². The normalized spacial score (nSPS) is 10.8. The zero-order valence-electron chi connectivity index (χ0n) is 15.1. The Hall–Kier alpha value is -2.89. The Morgan fingerprint density at radius 1 is 0.931 bits per heavy atom. The minimum absolute atomic E-state index is 0.157. The molecule has 0 atom stereocenters. The van der Waals surface area contributed by atoms with Crippen LogP contribution in [-0.2, 0) is 4.79 Å². The van der Waals surface area contributed by atoms with Crippen molar-refractivity contribution in [3.05, 3.63) is 53.0 Å². The van der Waals surface area contributed by atoms with Crippen LogP contribution in [0.2, 0.25) is 0 Å². The molecule has 8 nitrogen and oxygen atoms in total. The van der Waals surface area contributed by atoms with Crippen LogP contribution in [0.15, 0.2) is 46.8 Å². The summed E-state index contributed by atoms with van der Waals surface area (Å²) >= 11 is 3.77. The van der Waals surface area contributed by atoms with Crippen molar-refractivity contribution in [1.29, 1.82) is 0 Å². The number of nitrogens with zero attached hydrogens (tertiary/aromatic N) is 4. The lowest BCUT2D eigenvalue weighted by Crippen LogP contribution is -2.13. The van der Waals surface area contributed by atoms with E-state index in [-0.39, 0.29) is 17.6 Å². The lowest BCUT2D eigenvalue weighted by atomic mass is 10.0. The van der Waals surface area contributed by atoms with Gasteiger partial charge >= 0.3 is 0 Å². The molecule has 0 radical (unpaired) electrons. The third kappa shape index (κ3) is 4.75. The number of carbonyl (C=O) groups is 2. The lowest BCUT2D eigenvalue weighted by Gasteiger charge is -2.05. The number of aryl methyl sites for hydroxylation is 1. The molecule has 2 aromatic carbocycles. The Bertz CT molecular complexity index is 1180. The van der Waals surface area contributed by atoms with Gasteiger partial charge in [-0.2, -0.15) is 0 Å². The van der Waals surface area contributed by atoms with E-state index in [1.54, 1.807) is 6.07 Å². The fourth-order valence-electron chi connectivity index (χ4n) is 2.54. The zero-order valence-corrected chi connectivity index (χ0v) is 17.5. The third-order valence-corrected chi connectivity index (χ3v) is 6.49. The molecular weight excluding hydrogens is 428 g/mol. The van der Waals surface area contributed by atoms with E-state index in [4.69, 9.17) is 0 Å². The minimum atomic E-state index is -0.251. The van der Waals surface area contributed by atoms with Gasteiger partial charge in [-0.15, -0.1) is 20.4 Å². The molecular formula is C18H14N6O2S3. The minimum Gasteiger partial charge on any atom is -0.300 e. The van der Waals surface area contributed by atoms with Crippen LogP contribution in [0.25, 0.3) is 10.8 Å². The van der Waals surface area contributed by atoms with Crippen molar-refractivity contribution in [3.8, 4) is 0 Å². The number of thioether (sulfide) groups is 1. The SMILES string of the molecule is Cc1nnc(NC(=O)CSc2nnc(NC(=O)c3cccc4ccccc34)s2)s1. The monoisotopic (exact) mass is 442 g/mol. The molecule has 0 saturated heterocycles. The summed E-state index contributed by atoms with van der Waals surface area (Å²) < 4.78 is 0.585. The first-order valence-corrected chi connectivity index (χ1v) is 11.1. The van der Waals surface area contributed by atoms with E-state index < -0.39 is 0 Å². The topological polar surface area (TPSA) is 110 Å². The molecule has 4 rings (SSSR count). The van der Waals surface area contributed by atoms with Crippen LogP contribution in [0.4, 0.5) is 10.3 Å². The van der Waals surface area contributed by atoms with Crippen molar-refractivity contribution >= 4 is 67.3 Å². The van der Waals surface area contributed by atoms with E-state index in [9.17, 15) is 9.59 Å². The predicted molar refractivity (Wildman–Crippen MR) is 116 cm³/mol. The Labute approximate surface area is 177 Å². The Kier molecular flexibility index (Phi) is 5.79. The van der Waals surface area contributed by atoms with Crippen molar-refractivity contribution in [1.82, 2.24) is 20.4 Å². The van der Waals surface area contributed by atoms with Crippen molar-refractivity contribution in [2.75, 3.05) is 16.4 Å². The number of benzene rings is 2. The molecule has 0 bridgehead atoms. The van der Waals surface area contributed by atoms with Gasteiger partial charge in [0.2, 0.25) is 16.2 Å². The lowest BCUT2D eigenvalue weighted by molar-refractivity contribution is -0.113. The second-order valence-electron chi connectivity index (χ2n) is 5.82. The van der Waals surface area contributed by atoms with Crippen molar-refractivity contribution in [2.45, 2.75) is 11.3 Å². The smallest absolute Gasteiger partial charge is 0.258 e. The van der Waals surface area contributed by atoms with Gasteiger partial charge in [-0.1, -0.05) is 70.8 Å². The number of hydrogen-bond donors (Lipinski definition) is 2. The fraction of sp³-hybridized carbons (Fsp3) is 0.111. The summed E-state index contributed by atoms with van der Waals surface area (Å²) in [6.07, 6.45) is 0. The van der Waals surface area contributed by atoms with E-state index >= 15 is 0 Å². The highest BCUT2D eigenvalue weighted by atomic mass is 32.2. The quantitative estimate of drug-likeness (QED) is 0.345. The molecule has 2 N–H and O–H groups in total. The van der Waals surface area contributed by atoms with Crippen molar-refractivity contribution in [2.24, 2.45) is 0 Å². The number of rotatable bonds is 6. The van der Waals surface area contributed by atoms with Crippen LogP contribution >= 0.6 is 34.4 Å². The zero-order chi connectivity index (χ0) is 20.2. The Balaban J connectivity index is 1.36. The van der Waals surface area contributed by atoms with Crippen LogP contribution in [0, 0.1) is 6.92 Å². The van der Waals surface area contributed by atoms with Gasteiger partial charge in [-0.05, 0) is 23.8 Å². The first-order chi connectivity index (χ1) is 14.1. The van der Waals surface area contributed by atoms with Gasteiger partial charge in [0.15, 0.2) is 4.34 Å². The van der Waals surface area contributed by atoms with E-state index in [0.717, 1.165) is 15.8 Å². The molecule has 0 spiro atoms. The second-order valence-corrected chi connectivity index (χ2v) is 9.20. The van der Waals surface area contributed by atoms with E-state index in [1.165, 1.54) is 34.4 Å². The van der Waals surface area contributed by atoms with E-state index in [1.807, 2.05) is 43.3 Å². The third-order valence-electron chi connectivity index (χ3n) is 3.76. The second kappa shape index (κ2) is 8.64. The highest BCUT2D eigenvalue weighted by Crippen LogP contribution is 2.27. The molecule has 2 aromatic heterocycles. The average molecular weight is 443 g/mol. The summed E-state index contributed by atoms with van der Waals surface area (Å²) in [7, 11) is 0. The maximum Gasteiger partial charge on any atom is 0.258 e. The summed E-state index contributed by atoms with van der Waals surface area (Å²) in [6.45, 7) is 1.82. The summed E-state index contributed by atoms with van der Waals surface area (Å²) in [4.78, 5) is 24.6. The number of fused-ring (bicyclic) bond motifs is 1. The summed E-state index contributed by atoms with van der Waals surface area (Å²) in [5, 5.41) is 24.7. The molecule has 2 amide bonds. The summed E-state index contributed by atoms with van der Waals surface area (Å²) in [6, 6.07) is 13.3. The largest absolute Gasteiger partial charge is 0.300 e. The molecule has 11 heteroatoms. The Morgan fingerprint density at radius 2 is 1.69 bits per heavy atom. The van der Waals surface area contributed by atoms with Crippen molar-refractivity contribution < 1.29 is 9.59 Å². The number of hydrogen-bond acceptors (Lipinski definition) is 9. The van der Waals surface area contributed by atoms with Crippen LogP contribution in [0.3, 0.4) is 0 Å². The first kappa shape index (κ1) is 19.4. The van der Waals surface area contributed by atoms with Gasteiger partial charge in [-0.25, -0.2) is 0 Å². The summed E-state index contributed by atoms with van der Waals surface area (Å²) in [5.41, 5.74) is 0.569. The van der Waals surface area contributed by atoms with Crippen molar-refractivity contribution in [3.63, 3.8) is 0 Å². The molecule has 0 saturated carbocycles. The number of aromatic nitrogens is 4. The van der Waals surface area contributed by atoms with Gasteiger partial charge in [0, 0.05) is 5.56 Å². The van der Waals surface area contributed by atoms with Crippen LogP contribution in [-0.4, -0.2) is 38.0 Å². The fourth-order valence-corrected chi connectivity index (χ4v) is 4.69. The number of amides is 2. The summed E-state index contributed by atoms with van der Waals surface area (Å²) in [5.74, 6) is -0.300. The first-order valence-electron chi connectivity index (χ1n) is 8.44. The molecule has 0 aliphatic heterocycles. The standard InChI is InChI=1S/C18H14N6O2S3/c1-10-21-22-16(28-10)19-14(25)9-27-18-24-23-17(29-18)20-15(26)13-8-4-6-11-5-2-3-7-12(11)13/h2-8H,9H2,1H3,(H,19,22,25)(H,20,23,26). The molecule has 0 aliphatic carbocycles. The molecule has 4 aromatic rings. The molecule has 146 valence electrons. The molecule has 2 heterocycles. The molecule has 0 fully saturated rings. The van der Waals surface area contributed by atoms with Gasteiger partial charge in [-0.3, -0.25) is 20.2 Å². The van der Waals surface area contributed by atoms with Gasteiger partial charge in [0.05, 0.1) is 5.75 Å². The number of nitrogens with one attached hydrogen (secondary N) is 2. The number of carbonyl (C=O) groups excluding carboxylic acids is 2. The van der Waals surface area contributed by atoms with Gasteiger partial charge in [0.1, 0.15) is 5.01 Å². The Morgan fingerprint density at radius 3 is 2.52 bits per heavy atom. The predicted octanol–water partition coefficient (Wildman–Crippen LogP) is 3.83. The molecule has 29 heavy (non-hydrogen) atoms. The highest BCUT2D eigenvalue weighted by Gasteiger charge is 2.14. The van der Waals surface area contributed by atoms with Crippen LogP contribution in [0.1, 0.15) is 15.4 Å². The van der Waals surface area contributed by atoms with Crippen LogP contribution < -0.4 is 10.6 Å².